The summed E-state index contributed by atoms with van der Waals surface area (Å²) in [4.78, 5) is 13.1. The molecule has 8 heteroatoms. The number of hydrogen-bond donors (Lipinski definition) is 3. The number of carbonyl (C=O) groups excluding carboxylic acids is 1. The van der Waals surface area contributed by atoms with E-state index in [1.54, 1.807) is 0 Å². The van der Waals surface area contributed by atoms with Gasteiger partial charge < -0.3 is 20.8 Å². The zero-order valence-electron chi connectivity index (χ0n) is 10.5. The van der Waals surface area contributed by atoms with Gasteiger partial charge in [-0.3, -0.25) is 4.79 Å². The Morgan fingerprint density at radius 3 is 2.20 bits per heavy atom. The minimum absolute atomic E-state index is 0.0936. The number of amides is 1. The number of anilines is 1. The van der Waals surface area contributed by atoms with Gasteiger partial charge in [0.25, 0.3) is 5.91 Å². The van der Waals surface area contributed by atoms with Crippen LogP contribution >= 0.6 is 0 Å². The summed E-state index contributed by atoms with van der Waals surface area (Å²) in [7, 11) is 0. The summed E-state index contributed by atoms with van der Waals surface area (Å²) in [6.45, 7) is -0.945. The Hall–Kier alpha value is -1.80. The minimum Gasteiger partial charge on any atom is -0.398 e. The van der Waals surface area contributed by atoms with Crippen LogP contribution in [-0.4, -0.2) is 47.3 Å². The van der Waals surface area contributed by atoms with Crippen molar-refractivity contribution in [3.63, 3.8) is 0 Å². The van der Waals surface area contributed by atoms with Gasteiger partial charge in [0.15, 0.2) is 0 Å². The fourth-order valence-corrected chi connectivity index (χ4v) is 1.64. The van der Waals surface area contributed by atoms with Gasteiger partial charge in [-0.2, -0.15) is 13.2 Å². The first kappa shape index (κ1) is 16.3. The van der Waals surface area contributed by atoms with Crippen molar-refractivity contribution < 1.29 is 28.2 Å². The molecule has 0 aliphatic rings. The number of nitrogens with zero attached hydrogens (tertiary/aromatic N) is 1. The van der Waals surface area contributed by atoms with Crippen molar-refractivity contribution in [2.75, 3.05) is 32.0 Å². The van der Waals surface area contributed by atoms with Gasteiger partial charge in [-0.15, -0.1) is 0 Å². The van der Waals surface area contributed by atoms with Gasteiger partial charge in [-0.25, -0.2) is 0 Å². The van der Waals surface area contributed by atoms with Crippen molar-refractivity contribution in [3.8, 4) is 0 Å². The first-order valence-corrected chi connectivity index (χ1v) is 5.79. The molecule has 0 aromatic heterocycles. The summed E-state index contributed by atoms with van der Waals surface area (Å²) in [5, 5.41) is 17.7. The molecule has 1 aromatic rings. The van der Waals surface area contributed by atoms with Crippen molar-refractivity contribution in [2.45, 2.75) is 6.18 Å². The van der Waals surface area contributed by atoms with E-state index in [4.69, 9.17) is 15.9 Å². The first-order valence-electron chi connectivity index (χ1n) is 5.79. The number of aliphatic hydroxyl groups excluding tert-OH is 2. The SMILES string of the molecule is Nc1ccc(C(F)(F)F)cc1C(=O)N(CCO)CCO. The molecule has 0 bridgehead atoms. The molecule has 1 rings (SSSR count). The lowest BCUT2D eigenvalue weighted by atomic mass is 10.1. The molecule has 1 amide bonds. The lowest BCUT2D eigenvalue weighted by Gasteiger charge is -2.22. The number of carbonyl (C=O) groups is 1. The van der Waals surface area contributed by atoms with Crippen LogP contribution in [0.3, 0.4) is 0 Å². The number of hydrogen-bond acceptors (Lipinski definition) is 4. The molecule has 0 heterocycles. The Kier molecular flexibility index (Phi) is 5.34. The summed E-state index contributed by atoms with van der Waals surface area (Å²) in [5.74, 6) is -0.767. The molecular formula is C12H15F3N2O3. The zero-order chi connectivity index (χ0) is 15.3. The first-order chi connectivity index (χ1) is 9.31. The molecule has 5 nitrogen and oxygen atoms in total. The van der Waals surface area contributed by atoms with Crippen molar-refractivity contribution in [1.82, 2.24) is 4.90 Å². The van der Waals surface area contributed by atoms with Gasteiger partial charge in [0, 0.05) is 18.8 Å². The highest BCUT2D eigenvalue weighted by atomic mass is 19.4. The monoisotopic (exact) mass is 292 g/mol. The van der Waals surface area contributed by atoms with E-state index in [9.17, 15) is 18.0 Å². The van der Waals surface area contributed by atoms with Gasteiger partial charge >= 0.3 is 6.18 Å². The summed E-state index contributed by atoms with van der Waals surface area (Å²) in [5.41, 5.74) is 4.14. The molecule has 20 heavy (non-hydrogen) atoms. The molecule has 4 N–H and O–H groups in total. The highest BCUT2D eigenvalue weighted by Crippen LogP contribution is 2.31. The maximum Gasteiger partial charge on any atom is 0.416 e. The quantitative estimate of drug-likeness (QED) is 0.698. The number of halogens is 3. The van der Waals surface area contributed by atoms with Gasteiger partial charge in [0.05, 0.1) is 24.3 Å². The van der Waals surface area contributed by atoms with Crippen LogP contribution in [0.5, 0.6) is 0 Å². The molecule has 112 valence electrons. The standard InChI is InChI=1S/C12H15F3N2O3/c13-12(14,15)8-1-2-10(16)9(7-8)11(20)17(3-5-18)4-6-19/h1-2,7,18-19H,3-6,16H2. The van der Waals surface area contributed by atoms with Crippen LogP contribution in [0.25, 0.3) is 0 Å². The maximum absolute atomic E-state index is 12.6. The third kappa shape index (κ3) is 3.84. The molecule has 0 unspecified atom stereocenters. The lowest BCUT2D eigenvalue weighted by molar-refractivity contribution is -0.137. The number of benzene rings is 1. The largest absolute Gasteiger partial charge is 0.416 e. The lowest BCUT2D eigenvalue weighted by Crippen LogP contribution is -2.36. The zero-order valence-corrected chi connectivity index (χ0v) is 10.5. The average molecular weight is 292 g/mol. The van der Waals surface area contributed by atoms with Crippen molar-refractivity contribution in [2.24, 2.45) is 0 Å². The van der Waals surface area contributed by atoms with Crippen LogP contribution in [0.4, 0.5) is 18.9 Å². The Labute approximate surface area is 113 Å². The van der Waals surface area contributed by atoms with Crippen LogP contribution in [0.1, 0.15) is 15.9 Å². The molecule has 1 aromatic carbocycles. The van der Waals surface area contributed by atoms with Crippen LogP contribution in [0.15, 0.2) is 18.2 Å². The highest BCUT2D eigenvalue weighted by molar-refractivity contribution is 5.99. The van der Waals surface area contributed by atoms with Gasteiger partial charge in [0.1, 0.15) is 0 Å². The third-order valence-electron chi connectivity index (χ3n) is 2.64. The molecule has 0 spiro atoms. The fraction of sp³-hybridized carbons (Fsp3) is 0.417. The Morgan fingerprint density at radius 2 is 1.75 bits per heavy atom. The molecule has 0 fully saturated rings. The minimum atomic E-state index is -4.58. The maximum atomic E-state index is 12.6. The predicted molar refractivity (Wildman–Crippen MR) is 65.9 cm³/mol. The topological polar surface area (TPSA) is 86.8 Å². The highest BCUT2D eigenvalue weighted by Gasteiger charge is 2.32. The molecular weight excluding hydrogens is 277 g/mol. The normalized spacial score (nSPS) is 11.4. The van der Waals surface area contributed by atoms with Crippen LogP contribution in [0.2, 0.25) is 0 Å². The van der Waals surface area contributed by atoms with E-state index < -0.39 is 17.6 Å². The van der Waals surface area contributed by atoms with Gasteiger partial charge in [0.2, 0.25) is 0 Å². The molecule has 0 atom stereocenters. The molecule has 0 saturated carbocycles. The fourth-order valence-electron chi connectivity index (χ4n) is 1.64. The van der Waals surface area contributed by atoms with E-state index in [2.05, 4.69) is 0 Å². The molecule has 0 saturated heterocycles. The van der Waals surface area contributed by atoms with E-state index in [1.165, 1.54) is 0 Å². The summed E-state index contributed by atoms with van der Waals surface area (Å²) >= 11 is 0. The van der Waals surface area contributed by atoms with E-state index in [0.29, 0.717) is 6.07 Å². The van der Waals surface area contributed by atoms with Crippen molar-refractivity contribution in [1.29, 1.82) is 0 Å². The van der Waals surface area contributed by atoms with E-state index in [1.807, 2.05) is 0 Å². The van der Waals surface area contributed by atoms with Crippen LogP contribution in [0, 0.1) is 0 Å². The summed E-state index contributed by atoms with van der Waals surface area (Å²) in [6, 6.07) is 2.46. The van der Waals surface area contributed by atoms with E-state index in [-0.39, 0.29) is 37.6 Å². The van der Waals surface area contributed by atoms with Crippen molar-refractivity contribution in [3.05, 3.63) is 29.3 Å². The number of rotatable bonds is 5. The average Bonchev–Trinajstić information content (AvgIpc) is 2.37. The van der Waals surface area contributed by atoms with Crippen LogP contribution in [-0.2, 0) is 6.18 Å². The summed E-state index contributed by atoms with van der Waals surface area (Å²) in [6.07, 6.45) is -4.58. The summed E-state index contributed by atoms with van der Waals surface area (Å²) < 4.78 is 37.8. The number of nitrogen functional groups attached to an aromatic ring is 1. The second-order valence-corrected chi connectivity index (χ2v) is 4.04. The second-order valence-electron chi connectivity index (χ2n) is 4.04. The van der Waals surface area contributed by atoms with Gasteiger partial charge in [-0.05, 0) is 18.2 Å². The Balaban J connectivity index is 3.13. The third-order valence-corrected chi connectivity index (χ3v) is 2.64. The second kappa shape index (κ2) is 6.58. The smallest absolute Gasteiger partial charge is 0.398 e. The molecule has 0 radical (unpaired) electrons. The molecule has 0 aliphatic heterocycles. The van der Waals surface area contributed by atoms with E-state index >= 15 is 0 Å². The number of nitrogens with two attached hydrogens (primary N) is 1. The number of aliphatic hydroxyl groups is 2. The van der Waals surface area contributed by atoms with E-state index in [0.717, 1.165) is 17.0 Å². The van der Waals surface area contributed by atoms with Gasteiger partial charge in [-0.1, -0.05) is 0 Å². The Bertz CT molecular complexity index is 472. The van der Waals surface area contributed by atoms with Crippen molar-refractivity contribution >= 4 is 11.6 Å². The predicted octanol–water partition coefficient (Wildman–Crippen LogP) is 0.714. The Morgan fingerprint density at radius 1 is 1.20 bits per heavy atom. The van der Waals surface area contributed by atoms with Crippen LogP contribution < -0.4 is 5.73 Å². The number of alkyl halides is 3. The molecule has 0 aliphatic carbocycles.